The summed E-state index contributed by atoms with van der Waals surface area (Å²) in [6.45, 7) is 0.154. The fourth-order valence-electron chi connectivity index (χ4n) is 4.83. The predicted molar refractivity (Wildman–Crippen MR) is 139 cm³/mol. The number of nitrogens with zero attached hydrogens (tertiary/aromatic N) is 2. The third kappa shape index (κ3) is 5.78. The number of terminal acetylenes is 1. The van der Waals surface area contributed by atoms with Gasteiger partial charge in [-0.05, 0) is 77.1 Å². The van der Waals surface area contributed by atoms with E-state index in [0.717, 1.165) is 40.9 Å². The summed E-state index contributed by atoms with van der Waals surface area (Å²) >= 11 is 5.08. The van der Waals surface area contributed by atoms with Crippen LogP contribution in [-0.4, -0.2) is 41.8 Å². The predicted octanol–water partition coefficient (Wildman–Crippen LogP) is 6.41. The molecular formula is C26H31BrN2O3S. The van der Waals surface area contributed by atoms with Crippen molar-refractivity contribution in [3.8, 4) is 23.8 Å². The molecule has 2 saturated carbocycles. The van der Waals surface area contributed by atoms with Crippen LogP contribution in [0.5, 0.6) is 11.5 Å². The summed E-state index contributed by atoms with van der Waals surface area (Å²) in [5, 5.41) is 0.894. The van der Waals surface area contributed by atoms with E-state index in [0.29, 0.717) is 22.4 Å². The van der Waals surface area contributed by atoms with Gasteiger partial charge >= 0.3 is 0 Å². The van der Waals surface area contributed by atoms with Crippen LogP contribution in [0.1, 0.15) is 69.8 Å². The van der Waals surface area contributed by atoms with Crippen LogP contribution in [0.25, 0.3) is 6.08 Å². The van der Waals surface area contributed by atoms with Crippen LogP contribution in [-0.2, 0) is 4.79 Å². The molecule has 1 heterocycles. The summed E-state index contributed by atoms with van der Waals surface area (Å²) in [7, 11) is 1.59. The van der Waals surface area contributed by atoms with Crippen molar-refractivity contribution in [1.82, 2.24) is 4.90 Å². The molecule has 1 amide bonds. The summed E-state index contributed by atoms with van der Waals surface area (Å²) in [4.78, 5) is 21.4. The smallest absolute Gasteiger partial charge is 0.266 e. The molecule has 7 heteroatoms. The summed E-state index contributed by atoms with van der Waals surface area (Å²) in [5.74, 6) is 3.68. The lowest BCUT2D eigenvalue weighted by atomic mass is 9.94. The van der Waals surface area contributed by atoms with Gasteiger partial charge in [0.1, 0.15) is 6.61 Å². The first-order valence-electron chi connectivity index (χ1n) is 11.9. The Morgan fingerprint density at radius 3 is 2.55 bits per heavy atom. The third-order valence-corrected chi connectivity index (χ3v) is 8.08. The zero-order valence-corrected chi connectivity index (χ0v) is 21.6. The van der Waals surface area contributed by atoms with Gasteiger partial charge in [-0.2, -0.15) is 0 Å². The molecule has 3 fully saturated rings. The van der Waals surface area contributed by atoms with Crippen LogP contribution < -0.4 is 9.47 Å². The van der Waals surface area contributed by atoms with Crippen molar-refractivity contribution in [2.45, 2.75) is 76.3 Å². The van der Waals surface area contributed by atoms with Crippen LogP contribution in [0.2, 0.25) is 0 Å². The molecule has 1 saturated heterocycles. The van der Waals surface area contributed by atoms with Crippen LogP contribution in [0, 0.1) is 12.3 Å². The van der Waals surface area contributed by atoms with Crippen molar-refractivity contribution in [1.29, 1.82) is 0 Å². The fraction of sp³-hybridized carbons (Fsp3) is 0.538. The summed E-state index contributed by atoms with van der Waals surface area (Å²) in [5.41, 5.74) is 0.866. The van der Waals surface area contributed by atoms with E-state index in [1.165, 1.54) is 50.3 Å². The monoisotopic (exact) mass is 530 g/mol. The van der Waals surface area contributed by atoms with Crippen LogP contribution in [0.4, 0.5) is 0 Å². The van der Waals surface area contributed by atoms with Crippen molar-refractivity contribution in [3.05, 3.63) is 27.1 Å². The first kappa shape index (κ1) is 24.2. The molecule has 0 radical (unpaired) electrons. The Balaban J connectivity index is 1.64. The van der Waals surface area contributed by atoms with E-state index >= 15 is 0 Å². The molecule has 0 bridgehead atoms. The highest BCUT2D eigenvalue weighted by Gasteiger charge is 2.39. The van der Waals surface area contributed by atoms with Crippen molar-refractivity contribution in [2.75, 3.05) is 13.7 Å². The molecule has 0 spiro atoms. The number of amidine groups is 1. The Kier molecular flexibility index (Phi) is 8.43. The van der Waals surface area contributed by atoms with E-state index in [-0.39, 0.29) is 18.6 Å². The zero-order chi connectivity index (χ0) is 23.2. The number of halogens is 1. The van der Waals surface area contributed by atoms with E-state index in [9.17, 15) is 4.79 Å². The Morgan fingerprint density at radius 1 is 1.18 bits per heavy atom. The Morgan fingerprint density at radius 2 is 1.88 bits per heavy atom. The van der Waals surface area contributed by atoms with Gasteiger partial charge in [0.05, 0.1) is 22.5 Å². The normalized spacial score (nSPS) is 22.7. The fourth-order valence-corrected chi connectivity index (χ4v) is 6.52. The molecule has 3 aliphatic rings. The second-order valence-electron chi connectivity index (χ2n) is 8.81. The molecule has 176 valence electrons. The van der Waals surface area contributed by atoms with Gasteiger partial charge < -0.3 is 9.47 Å². The molecule has 0 aromatic heterocycles. The number of hydrogen-bond acceptors (Lipinski definition) is 5. The van der Waals surface area contributed by atoms with Gasteiger partial charge in [0.15, 0.2) is 16.7 Å². The topological polar surface area (TPSA) is 51.1 Å². The maximum Gasteiger partial charge on any atom is 0.266 e. The third-order valence-electron chi connectivity index (χ3n) is 6.49. The largest absolute Gasteiger partial charge is 0.493 e. The van der Waals surface area contributed by atoms with Gasteiger partial charge in [0, 0.05) is 6.04 Å². The highest BCUT2D eigenvalue weighted by Crippen LogP contribution is 2.41. The van der Waals surface area contributed by atoms with E-state index in [2.05, 4.69) is 21.9 Å². The zero-order valence-electron chi connectivity index (χ0n) is 19.1. The number of carbonyl (C=O) groups excluding carboxylic acids is 1. The standard InChI is InChI=1S/C26H31BrN2O3S/c1-3-14-32-24-21(27)15-18(16-22(24)31-2)17-23-25(30)29(20-12-8-5-9-13-20)26(33-23)28-19-10-6-4-7-11-19/h1,15-17,19-20H,4-14H2,2H3. The summed E-state index contributed by atoms with van der Waals surface area (Å²) in [6, 6.07) is 4.39. The van der Waals surface area contributed by atoms with Gasteiger partial charge in [0.25, 0.3) is 5.91 Å². The van der Waals surface area contributed by atoms with Gasteiger partial charge in [0.2, 0.25) is 0 Å². The van der Waals surface area contributed by atoms with Gasteiger partial charge in [-0.1, -0.05) is 44.4 Å². The minimum absolute atomic E-state index is 0.0733. The molecule has 1 aliphatic heterocycles. The van der Waals surface area contributed by atoms with Crippen molar-refractivity contribution >= 4 is 44.8 Å². The van der Waals surface area contributed by atoms with Gasteiger partial charge in [-0.3, -0.25) is 14.7 Å². The molecule has 2 aliphatic carbocycles. The molecular weight excluding hydrogens is 500 g/mol. The van der Waals surface area contributed by atoms with Crippen LogP contribution >= 0.6 is 27.7 Å². The average Bonchev–Trinajstić information content (AvgIpc) is 3.13. The number of benzene rings is 1. The number of aliphatic imine (C=N–C) groups is 1. The minimum Gasteiger partial charge on any atom is -0.493 e. The number of rotatable bonds is 6. The second kappa shape index (κ2) is 11.5. The minimum atomic E-state index is 0.0733. The molecule has 0 N–H and O–H groups in total. The molecule has 0 atom stereocenters. The molecule has 5 nitrogen and oxygen atoms in total. The van der Waals surface area contributed by atoms with Crippen LogP contribution in [0.3, 0.4) is 0 Å². The SMILES string of the molecule is C#CCOc1c(Br)cc(C=C2SC(=NC3CCCCC3)N(C3CCCCC3)C2=O)cc1OC. The van der Waals surface area contributed by atoms with Crippen molar-refractivity contribution in [2.24, 2.45) is 4.99 Å². The lowest BCUT2D eigenvalue weighted by Crippen LogP contribution is -2.41. The number of ether oxygens (including phenoxy) is 2. The van der Waals surface area contributed by atoms with Crippen molar-refractivity contribution in [3.63, 3.8) is 0 Å². The lowest BCUT2D eigenvalue weighted by Gasteiger charge is -2.31. The van der Waals surface area contributed by atoms with Crippen molar-refractivity contribution < 1.29 is 14.3 Å². The Bertz CT molecular complexity index is 972. The van der Waals surface area contributed by atoms with E-state index in [1.807, 2.05) is 23.1 Å². The second-order valence-corrected chi connectivity index (χ2v) is 10.7. The van der Waals surface area contributed by atoms with Crippen LogP contribution in [0.15, 0.2) is 26.5 Å². The highest BCUT2D eigenvalue weighted by molar-refractivity contribution is 9.10. The van der Waals surface area contributed by atoms with E-state index in [1.54, 1.807) is 7.11 Å². The Hall–Kier alpha value is -1.91. The number of methoxy groups -OCH3 is 1. The Labute approximate surface area is 209 Å². The molecule has 0 unspecified atom stereocenters. The maximum atomic E-state index is 13.6. The molecule has 4 rings (SSSR count). The summed E-state index contributed by atoms with van der Waals surface area (Å²) in [6.07, 6.45) is 19.0. The number of amides is 1. The highest BCUT2D eigenvalue weighted by atomic mass is 79.9. The maximum absolute atomic E-state index is 13.6. The molecule has 1 aromatic rings. The van der Waals surface area contributed by atoms with Gasteiger partial charge in [-0.25, -0.2) is 0 Å². The number of thioether (sulfide) groups is 1. The number of carbonyl (C=O) groups is 1. The lowest BCUT2D eigenvalue weighted by molar-refractivity contribution is -0.124. The quantitative estimate of drug-likeness (QED) is 0.315. The van der Waals surface area contributed by atoms with E-state index < -0.39 is 0 Å². The molecule has 1 aromatic carbocycles. The van der Waals surface area contributed by atoms with Gasteiger partial charge in [-0.15, -0.1) is 6.42 Å². The summed E-state index contributed by atoms with van der Waals surface area (Å²) < 4.78 is 11.9. The average molecular weight is 532 g/mol. The number of hydrogen-bond donors (Lipinski definition) is 0. The van der Waals surface area contributed by atoms with E-state index in [4.69, 9.17) is 20.9 Å². The first-order chi connectivity index (χ1) is 16.1. The first-order valence-corrected chi connectivity index (χ1v) is 13.5. The molecule has 33 heavy (non-hydrogen) atoms.